The van der Waals surface area contributed by atoms with Crippen molar-refractivity contribution >= 4 is 47.6 Å². The van der Waals surface area contributed by atoms with Gasteiger partial charge in [0, 0.05) is 11.4 Å². The molecule has 0 spiro atoms. The molecule has 5 rings (SSSR count). The Kier molecular flexibility index (Phi) is 5.62. The van der Waals surface area contributed by atoms with Gasteiger partial charge in [0.1, 0.15) is 0 Å². The summed E-state index contributed by atoms with van der Waals surface area (Å²) in [6, 6.07) is 32.1. The Morgan fingerprint density at radius 1 is 0.529 bits per heavy atom. The van der Waals surface area contributed by atoms with Crippen molar-refractivity contribution in [2.24, 2.45) is 0 Å². The summed E-state index contributed by atoms with van der Waals surface area (Å²) >= 11 is 0. The highest BCUT2D eigenvalue weighted by Gasteiger charge is 2.53. The number of benzene rings is 4. The smallest absolute Gasteiger partial charge is 0.307 e. The van der Waals surface area contributed by atoms with E-state index in [0.29, 0.717) is 28.1 Å². The van der Waals surface area contributed by atoms with Crippen molar-refractivity contribution in [1.29, 1.82) is 0 Å². The van der Waals surface area contributed by atoms with Gasteiger partial charge in [-0.2, -0.15) is 0 Å². The van der Waals surface area contributed by atoms with Crippen LogP contribution in [-0.2, 0) is 4.57 Å². The largest absolute Gasteiger partial charge is 0.333 e. The third-order valence-corrected chi connectivity index (χ3v) is 8.26. The zero-order chi connectivity index (χ0) is 23.5. The second kappa shape index (κ2) is 8.89. The van der Waals surface area contributed by atoms with Crippen LogP contribution in [0.5, 0.6) is 0 Å². The van der Waals surface area contributed by atoms with Crippen LogP contribution in [0.2, 0.25) is 0 Å². The summed E-state index contributed by atoms with van der Waals surface area (Å²) in [5.41, 5.74) is 1.87. The lowest BCUT2D eigenvalue weighted by Crippen LogP contribution is -2.41. The van der Waals surface area contributed by atoms with Gasteiger partial charge in [-0.1, -0.05) is 66.7 Å². The minimum absolute atomic E-state index is 0.359. The van der Waals surface area contributed by atoms with Crippen LogP contribution in [0.1, 0.15) is 0 Å². The molecule has 1 aliphatic rings. The van der Waals surface area contributed by atoms with Gasteiger partial charge < -0.3 is 10.6 Å². The van der Waals surface area contributed by atoms with Crippen molar-refractivity contribution in [2.45, 2.75) is 0 Å². The Balaban J connectivity index is 1.64. The SMILES string of the molecule is O=C(Nc1ccccc1)N1c2ccccc2N(C(=O)Nc2ccccc2)P1(=O)c1ccccc1. The molecule has 0 radical (unpaired) electrons. The van der Waals surface area contributed by atoms with Crippen molar-refractivity contribution < 1.29 is 14.2 Å². The molecule has 0 atom stereocenters. The van der Waals surface area contributed by atoms with Crippen molar-refractivity contribution in [1.82, 2.24) is 0 Å². The number of nitrogens with one attached hydrogen (secondary N) is 2. The van der Waals surface area contributed by atoms with Gasteiger partial charge in [0.05, 0.1) is 16.7 Å². The minimum Gasteiger partial charge on any atom is -0.307 e. The van der Waals surface area contributed by atoms with Crippen LogP contribution in [-0.4, -0.2) is 12.1 Å². The molecule has 0 saturated heterocycles. The maximum atomic E-state index is 14.9. The van der Waals surface area contributed by atoms with Crippen LogP contribution in [0.3, 0.4) is 0 Å². The van der Waals surface area contributed by atoms with E-state index in [1.165, 1.54) is 9.34 Å². The monoisotopic (exact) mass is 468 g/mol. The molecule has 1 aliphatic heterocycles. The summed E-state index contributed by atoms with van der Waals surface area (Å²) in [6.45, 7) is 0. The lowest BCUT2D eigenvalue weighted by molar-refractivity contribution is 0.260. The Bertz CT molecular complexity index is 1300. The molecule has 0 saturated carbocycles. The van der Waals surface area contributed by atoms with E-state index in [9.17, 15) is 14.2 Å². The quantitative estimate of drug-likeness (QED) is 0.347. The Morgan fingerprint density at radius 3 is 1.29 bits per heavy atom. The van der Waals surface area contributed by atoms with Gasteiger partial charge in [-0.15, -0.1) is 0 Å². The molecule has 168 valence electrons. The number of carbonyl (C=O) groups excluding carboxylic acids is 2. The Labute approximate surface area is 197 Å². The first-order valence-corrected chi connectivity index (χ1v) is 12.3. The minimum atomic E-state index is -3.97. The number of nitrogens with zero attached hydrogens (tertiary/aromatic N) is 2. The number of hydrogen-bond acceptors (Lipinski definition) is 3. The first-order chi connectivity index (χ1) is 16.6. The molecule has 4 aromatic carbocycles. The molecule has 4 aromatic rings. The first-order valence-electron chi connectivity index (χ1n) is 10.7. The van der Waals surface area contributed by atoms with Crippen LogP contribution in [0, 0.1) is 0 Å². The average molecular weight is 468 g/mol. The van der Waals surface area contributed by atoms with Crippen LogP contribution >= 0.6 is 7.44 Å². The molecule has 0 aliphatic carbocycles. The van der Waals surface area contributed by atoms with Crippen molar-refractivity contribution in [3.63, 3.8) is 0 Å². The van der Waals surface area contributed by atoms with E-state index in [1.54, 1.807) is 103 Å². The fourth-order valence-corrected chi connectivity index (χ4v) is 6.63. The molecule has 8 heteroatoms. The predicted octanol–water partition coefficient (Wildman–Crippen LogP) is 6.30. The maximum absolute atomic E-state index is 14.9. The van der Waals surface area contributed by atoms with Crippen LogP contribution < -0.4 is 25.3 Å². The third-order valence-electron chi connectivity index (χ3n) is 5.41. The summed E-state index contributed by atoms with van der Waals surface area (Å²) in [6.07, 6.45) is 0. The highest BCUT2D eigenvalue weighted by Crippen LogP contribution is 2.64. The van der Waals surface area contributed by atoms with E-state index in [-0.39, 0.29) is 0 Å². The molecular formula is C26H21N4O3P. The van der Waals surface area contributed by atoms with Gasteiger partial charge in [-0.05, 0) is 48.5 Å². The van der Waals surface area contributed by atoms with E-state index < -0.39 is 19.5 Å². The maximum Gasteiger partial charge on any atom is 0.333 e. The number of anilines is 4. The summed E-state index contributed by atoms with van der Waals surface area (Å²) < 4.78 is 17.3. The molecule has 0 aromatic heterocycles. The molecule has 0 fully saturated rings. The van der Waals surface area contributed by atoms with Gasteiger partial charge in [0.2, 0.25) is 0 Å². The summed E-state index contributed by atoms with van der Waals surface area (Å²) in [5, 5.41) is 5.99. The van der Waals surface area contributed by atoms with Crippen molar-refractivity contribution in [2.75, 3.05) is 20.0 Å². The van der Waals surface area contributed by atoms with Gasteiger partial charge in [-0.3, -0.25) is 4.57 Å². The summed E-state index contributed by atoms with van der Waals surface area (Å²) in [4.78, 5) is 27.2. The number of fused-ring (bicyclic) bond motifs is 1. The number of amides is 4. The lowest BCUT2D eigenvalue weighted by atomic mass is 10.2. The molecule has 34 heavy (non-hydrogen) atoms. The normalized spacial score (nSPS) is 13.8. The van der Waals surface area contributed by atoms with E-state index in [2.05, 4.69) is 10.6 Å². The molecule has 0 bridgehead atoms. The van der Waals surface area contributed by atoms with E-state index in [0.717, 1.165) is 0 Å². The van der Waals surface area contributed by atoms with Gasteiger partial charge in [0.15, 0.2) is 0 Å². The number of para-hydroxylation sites is 4. The molecule has 1 heterocycles. The zero-order valence-corrected chi connectivity index (χ0v) is 18.9. The topological polar surface area (TPSA) is 81.8 Å². The number of urea groups is 2. The second-order valence-corrected chi connectivity index (χ2v) is 9.99. The van der Waals surface area contributed by atoms with Gasteiger partial charge >= 0.3 is 19.5 Å². The van der Waals surface area contributed by atoms with Crippen LogP contribution in [0.4, 0.5) is 32.3 Å². The second-order valence-electron chi connectivity index (χ2n) is 7.58. The molecule has 4 amide bonds. The van der Waals surface area contributed by atoms with E-state index in [4.69, 9.17) is 0 Å². The number of rotatable bonds is 3. The fraction of sp³-hybridized carbons (Fsp3) is 0. The molecular weight excluding hydrogens is 447 g/mol. The Morgan fingerprint density at radius 2 is 0.882 bits per heavy atom. The predicted molar refractivity (Wildman–Crippen MR) is 136 cm³/mol. The lowest BCUT2D eigenvalue weighted by Gasteiger charge is -2.30. The van der Waals surface area contributed by atoms with Gasteiger partial charge in [0.25, 0.3) is 0 Å². The third kappa shape index (κ3) is 3.72. The number of hydrogen-bond donors (Lipinski definition) is 2. The summed E-state index contributed by atoms with van der Waals surface area (Å²) in [5.74, 6) is 0. The summed E-state index contributed by atoms with van der Waals surface area (Å²) in [7, 11) is -3.97. The van der Waals surface area contributed by atoms with Crippen molar-refractivity contribution in [3.8, 4) is 0 Å². The zero-order valence-electron chi connectivity index (χ0n) is 18.0. The van der Waals surface area contributed by atoms with E-state index >= 15 is 0 Å². The van der Waals surface area contributed by atoms with Crippen LogP contribution in [0.15, 0.2) is 115 Å². The van der Waals surface area contributed by atoms with E-state index in [1.807, 2.05) is 12.1 Å². The average Bonchev–Trinajstić information content (AvgIpc) is 3.15. The van der Waals surface area contributed by atoms with Crippen LogP contribution in [0.25, 0.3) is 0 Å². The van der Waals surface area contributed by atoms with Gasteiger partial charge in [-0.25, -0.2) is 18.9 Å². The highest BCUT2D eigenvalue weighted by molar-refractivity contribution is 7.77. The van der Waals surface area contributed by atoms with Crippen molar-refractivity contribution in [3.05, 3.63) is 115 Å². The first kappa shape index (κ1) is 21.5. The highest BCUT2D eigenvalue weighted by atomic mass is 31.2. The number of carbonyl (C=O) groups is 2. The molecule has 2 N–H and O–H groups in total. The Hall–Kier alpha value is -4.35. The standard InChI is InChI=1S/C26H21N4O3P/c31-25(27-20-12-4-1-5-13-20)29-23-18-10-11-19-24(23)30(26(32)28-21-14-6-2-7-15-21)34(29,33)22-16-8-3-9-17-22/h1-19H,(H,27,31)(H,28,32). The fourth-order valence-electron chi connectivity index (χ4n) is 3.92. The molecule has 0 unspecified atom stereocenters. The molecule has 7 nitrogen and oxygen atoms in total.